The molecule has 0 saturated heterocycles. The third-order valence-corrected chi connectivity index (χ3v) is 3.01. The average molecular weight is 314 g/mol. The summed E-state index contributed by atoms with van der Waals surface area (Å²) in [6, 6.07) is 0.479. The Labute approximate surface area is 116 Å². The fourth-order valence-electron chi connectivity index (χ4n) is 1.74. The molecular formula is C11H12F6N4. The summed E-state index contributed by atoms with van der Waals surface area (Å²) in [6.45, 7) is 1.85. The Morgan fingerprint density at radius 3 is 2.19 bits per heavy atom. The SMILES string of the molecule is CCNc1nc(NC2(C(F)(F)F)CC2)cc(C(F)(F)F)n1. The molecule has 0 bridgehead atoms. The number of nitrogens with one attached hydrogen (secondary N) is 2. The van der Waals surface area contributed by atoms with Crippen molar-refractivity contribution in [3.63, 3.8) is 0 Å². The Morgan fingerprint density at radius 2 is 1.76 bits per heavy atom. The predicted octanol–water partition coefficient (Wildman–Crippen LogP) is 3.43. The van der Waals surface area contributed by atoms with Gasteiger partial charge in [0.25, 0.3) is 0 Å². The van der Waals surface area contributed by atoms with Gasteiger partial charge in [0.2, 0.25) is 5.95 Å². The maximum atomic E-state index is 12.8. The summed E-state index contributed by atoms with van der Waals surface area (Å²) in [7, 11) is 0. The van der Waals surface area contributed by atoms with Crippen LogP contribution >= 0.6 is 0 Å². The first-order valence-electron chi connectivity index (χ1n) is 6.12. The van der Waals surface area contributed by atoms with Crippen LogP contribution in [0.3, 0.4) is 0 Å². The fraction of sp³-hybridized carbons (Fsp3) is 0.636. The molecule has 1 saturated carbocycles. The lowest BCUT2D eigenvalue weighted by atomic mass is 10.2. The molecule has 1 fully saturated rings. The van der Waals surface area contributed by atoms with Gasteiger partial charge in [-0.15, -0.1) is 0 Å². The van der Waals surface area contributed by atoms with E-state index in [1.165, 1.54) is 0 Å². The molecule has 0 aliphatic heterocycles. The molecule has 1 heterocycles. The normalized spacial score (nSPS) is 17.5. The molecule has 118 valence electrons. The Morgan fingerprint density at radius 1 is 1.14 bits per heavy atom. The van der Waals surface area contributed by atoms with Crippen molar-refractivity contribution in [1.29, 1.82) is 0 Å². The first kappa shape index (κ1) is 15.6. The third kappa shape index (κ3) is 3.30. The number of hydrogen-bond donors (Lipinski definition) is 2. The molecule has 21 heavy (non-hydrogen) atoms. The van der Waals surface area contributed by atoms with Gasteiger partial charge in [-0.1, -0.05) is 0 Å². The van der Waals surface area contributed by atoms with Crippen molar-refractivity contribution in [2.45, 2.75) is 37.7 Å². The van der Waals surface area contributed by atoms with Crippen LogP contribution in [0.5, 0.6) is 0 Å². The van der Waals surface area contributed by atoms with Crippen LogP contribution in [0.1, 0.15) is 25.5 Å². The summed E-state index contributed by atoms with van der Waals surface area (Å²) < 4.78 is 76.6. The molecule has 2 N–H and O–H groups in total. The molecule has 2 rings (SSSR count). The van der Waals surface area contributed by atoms with E-state index in [9.17, 15) is 26.3 Å². The summed E-state index contributed by atoms with van der Waals surface area (Å²) in [6.07, 6.45) is -9.70. The van der Waals surface area contributed by atoms with Gasteiger partial charge in [-0.2, -0.15) is 31.3 Å². The van der Waals surface area contributed by atoms with Gasteiger partial charge < -0.3 is 10.6 Å². The summed E-state index contributed by atoms with van der Waals surface area (Å²) >= 11 is 0. The van der Waals surface area contributed by atoms with Crippen molar-refractivity contribution in [2.75, 3.05) is 17.2 Å². The van der Waals surface area contributed by atoms with Crippen LogP contribution in [-0.2, 0) is 6.18 Å². The summed E-state index contributed by atoms with van der Waals surface area (Å²) in [5.74, 6) is -0.865. The van der Waals surface area contributed by atoms with E-state index in [4.69, 9.17) is 0 Å². The second kappa shape index (κ2) is 4.92. The lowest BCUT2D eigenvalue weighted by molar-refractivity contribution is -0.151. The van der Waals surface area contributed by atoms with Gasteiger partial charge in [0.1, 0.15) is 11.4 Å². The third-order valence-electron chi connectivity index (χ3n) is 3.01. The topological polar surface area (TPSA) is 49.8 Å². The number of hydrogen-bond acceptors (Lipinski definition) is 4. The van der Waals surface area contributed by atoms with Crippen molar-refractivity contribution in [3.05, 3.63) is 11.8 Å². The van der Waals surface area contributed by atoms with Crippen LogP contribution in [0.2, 0.25) is 0 Å². The van der Waals surface area contributed by atoms with Gasteiger partial charge in [0.05, 0.1) is 0 Å². The largest absolute Gasteiger partial charge is 0.433 e. The zero-order valence-corrected chi connectivity index (χ0v) is 10.9. The second-order valence-corrected chi connectivity index (χ2v) is 4.69. The summed E-state index contributed by atoms with van der Waals surface area (Å²) in [5.41, 5.74) is -3.48. The predicted molar refractivity (Wildman–Crippen MR) is 62.8 cm³/mol. The minimum absolute atomic E-state index is 0.196. The Kier molecular flexibility index (Phi) is 3.66. The molecule has 0 aromatic carbocycles. The van der Waals surface area contributed by atoms with E-state index in [-0.39, 0.29) is 25.3 Å². The fourth-order valence-corrected chi connectivity index (χ4v) is 1.74. The van der Waals surface area contributed by atoms with Crippen molar-refractivity contribution in [1.82, 2.24) is 9.97 Å². The lowest BCUT2D eigenvalue weighted by Crippen LogP contribution is -2.39. The molecular weight excluding hydrogens is 302 g/mol. The van der Waals surface area contributed by atoms with Crippen LogP contribution in [0.15, 0.2) is 6.07 Å². The molecule has 0 unspecified atom stereocenters. The molecule has 0 radical (unpaired) electrons. The maximum absolute atomic E-state index is 12.8. The van der Waals surface area contributed by atoms with Crippen molar-refractivity contribution in [3.8, 4) is 0 Å². The van der Waals surface area contributed by atoms with Gasteiger partial charge in [-0.25, -0.2) is 4.98 Å². The first-order valence-corrected chi connectivity index (χ1v) is 6.12. The highest BCUT2D eigenvalue weighted by Crippen LogP contribution is 2.51. The zero-order chi connectivity index (χ0) is 15.9. The highest BCUT2D eigenvalue weighted by Gasteiger charge is 2.63. The molecule has 0 amide bonds. The molecule has 1 aromatic heterocycles. The number of anilines is 2. The van der Waals surface area contributed by atoms with E-state index in [2.05, 4.69) is 20.6 Å². The first-order chi connectivity index (χ1) is 9.57. The van der Waals surface area contributed by atoms with Crippen molar-refractivity contribution in [2.24, 2.45) is 0 Å². The molecule has 0 atom stereocenters. The molecule has 4 nitrogen and oxygen atoms in total. The van der Waals surface area contributed by atoms with Crippen molar-refractivity contribution >= 4 is 11.8 Å². The highest BCUT2D eigenvalue weighted by molar-refractivity contribution is 5.47. The smallest absolute Gasteiger partial charge is 0.356 e. The highest BCUT2D eigenvalue weighted by atomic mass is 19.4. The van der Waals surface area contributed by atoms with E-state index in [0.717, 1.165) is 0 Å². The monoisotopic (exact) mass is 314 g/mol. The van der Waals surface area contributed by atoms with Crippen LogP contribution in [0.25, 0.3) is 0 Å². The molecule has 1 aliphatic carbocycles. The Hall–Kier alpha value is -1.74. The van der Waals surface area contributed by atoms with Gasteiger partial charge in [-0.05, 0) is 19.8 Å². The van der Waals surface area contributed by atoms with Crippen LogP contribution in [0, 0.1) is 0 Å². The minimum Gasteiger partial charge on any atom is -0.356 e. The van der Waals surface area contributed by atoms with E-state index in [1.54, 1.807) is 6.92 Å². The van der Waals surface area contributed by atoms with E-state index >= 15 is 0 Å². The zero-order valence-electron chi connectivity index (χ0n) is 10.9. The van der Waals surface area contributed by atoms with Gasteiger partial charge in [0, 0.05) is 12.6 Å². The van der Waals surface area contributed by atoms with Gasteiger partial charge >= 0.3 is 12.4 Å². The van der Waals surface area contributed by atoms with E-state index in [1.807, 2.05) is 0 Å². The standard InChI is InChI=1S/C11H12F6N4/c1-2-18-8-19-6(10(12,13)14)5-7(20-8)21-9(3-4-9)11(15,16)17/h5H,2-4H2,1H3,(H2,18,19,20,21). The lowest BCUT2D eigenvalue weighted by Gasteiger charge is -2.22. The van der Waals surface area contributed by atoms with Gasteiger partial charge in [-0.3, -0.25) is 0 Å². The molecule has 1 aliphatic rings. The summed E-state index contributed by atoms with van der Waals surface area (Å²) in [4.78, 5) is 6.88. The van der Waals surface area contributed by atoms with Crippen LogP contribution < -0.4 is 10.6 Å². The Balaban J connectivity index is 2.33. The molecule has 10 heteroatoms. The Bertz CT molecular complexity index is 520. The number of alkyl halides is 6. The number of nitrogens with zero attached hydrogens (tertiary/aromatic N) is 2. The van der Waals surface area contributed by atoms with Gasteiger partial charge in [0.15, 0.2) is 5.69 Å². The average Bonchev–Trinajstić information content (AvgIpc) is 3.08. The molecule has 1 aromatic rings. The minimum atomic E-state index is -4.77. The van der Waals surface area contributed by atoms with E-state index < -0.39 is 29.4 Å². The number of aromatic nitrogens is 2. The van der Waals surface area contributed by atoms with Crippen LogP contribution in [-0.4, -0.2) is 28.2 Å². The quantitative estimate of drug-likeness (QED) is 0.836. The number of rotatable bonds is 4. The van der Waals surface area contributed by atoms with Crippen LogP contribution in [0.4, 0.5) is 38.1 Å². The van der Waals surface area contributed by atoms with Crippen molar-refractivity contribution < 1.29 is 26.3 Å². The second-order valence-electron chi connectivity index (χ2n) is 4.69. The molecule has 0 spiro atoms. The number of halogens is 6. The summed E-state index contributed by atoms with van der Waals surface area (Å²) in [5, 5.41) is 4.53. The van der Waals surface area contributed by atoms with E-state index in [0.29, 0.717) is 6.07 Å². The maximum Gasteiger partial charge on any atom is 0.433 e.